The van der Waals surface area contributed by atoms with E-state index in [-0.39, 0.29) is 19.8 Å². The van der Waals surface area contributed by atoms with Crippen molar-refractivity contribution in [1.82, 2.24) is 0 Å². The molecule has 0 amide bonds. The first-order valence-corrected chi connectivity index (χ1v) is 7.60. The van der Waals surface area contributed by atoms with Gasteiger partial charge < -0.3 is 34.1 Å². The Kier molecular flexibility index (Phi) is 6.84. The van der Waals surface area contributed by atoms with E-state index in [1.54, 1.807) is 0 Å². The Morgan fingerprint density at radius 1 is 1.12 bits per heavy atom. The summed E-state index contributed by atoms with van der Waals surface area (Å²) in [4.78, 5) is 40.2. The molecule has 0 aromatic carbocycles. The molecule has 148 valence electrons. The third kappa shape index (κ3) is 5.10. The summed E-state index contributed by atoms with van der Waals surface area (Å²) in [5.74, 6) is -2.85. The van der Waals surface area contributed by atoms with Gasteiger partial charge in [-0.2, -0.15) is 0 Å². The quantitative estimate of drug-likeness (QED) is 0.303. The number of carbonyl (C=O) groups is 1. The summed E-state index contributed by atoms with van der Waals surface area (Å²) in [6.07, 6.45) is -3.45. The van der Waals surface area contributed by atoms with Gasteiger partial charge in [0.1, 0.15) is 18.8 Å². The number of hydrogen-bond acceptors (Lipinski definition) is 11. The average Bonchev–Trinajstić information content (AvgIpc) is 3.11. The van der Waals surface area contributed by atoms with Crippen LogP contribution >= 0.6 is 0 Å². The molecule has 0 aromatic rings. The van der Waals surface area contributed by atoms with Gasteiger partial charge in [0.2, 0.25) is 0 Å². The number of hydrogen-bond donors (Lipinski definition) is 2. The van der Waals surface area contributed by atoms with Crippen LogP contribution in [0.1, 0.15) is 0 Å². The molecule has 2 aliphatic rings. The normalized spacial score (nSPS) is 29.6. The van der Waals surface area contributed by atoms with E-state index in [2.05, 4.69) is 9.68 Å². The second-order valence-electron chi connectivity index (χ2n) is 5.78. The lowest BCUT2D eigenvalue weighted by atomic mass is 9.88. The van der Waals surface area contributed by atoms with E-state index in [1.807, 2.05) is 0 Å². The van der Waals surface area contributed by atoms with Crippen molar-refractivity contribution in [3.8, 4) is 0 Å². The molecule has 0 aliphatic carbocycles. The first-order valence-electron chi connectivity index (χ1n) is 7.60. The van der Waals surface area contributed by atoms with Crippen LogP contribution in [-0.2, 0) is 28.7 Å². The number of aliphatic carboxylic acids is 1. The highest BCUT2D eigenvalue weighted by molar-refractivity contribution is 5.70. The van der Waals surface area contributed by atoms with E-state index in [9.17, 15) is 35.2 Å². The molecular formula is C12H18N2O12. The fourth-order valence-corrected chi connectivity index (χ4v) is 2.93. The van der Waals surface area contributed by atoms with Crippen LogP contribution in [0, 0.1) is 32.1 Å². The number of rotatable bonds is 11. The minimum Gasteiger partial charge on any atom is -0.481 e. The summed E-state index contributed by atoms with van der Waals surface area (Å²) in [5, 5.41) is 37.3. The smallest absolute Gasteiger partial charge is 0.309 e. The van der Waals surface area contributed by atoms with Crippen LogP contribution in [0.5, 0.6) is 0 Å². The van der Waals surface area contributed by atoms with Crippen molar-refractivity contribution in [2.75, 3.05) is 33.0 Å². The number of carboxylic acids is 1. The Balaban J connectivity index is 1.88. The molecule has 14 heteroatoms. The van der Waals surface area contributed by atoms with Gasteiger partial charge in [0.05, 0.1) is 38.4 Å². The number of ether oxygens (including phenoxy) is 3. The molecule has 2 aliphatic heterocycles. The highest BCUT2D eigenvalue weighted by Crippen LogP contribution is 2.35. The van der Waals surface area contributed by atoms with Crippen molar-refractivity contribution < 1.29 is 49.1 Å². The number of nitrogens with zero attached hydrogens (tertiary/aromatic N) is 2. The Bertz CT molecular complexity index is 530. The van der Waals surface area contributed by atoms with Gasteiger partial charge in [-0.15, -0.1) is 20.2 Å². The monoisotopic (exact) mass is 382 g/mol. The molecule has 0 saturated carbocycles. The zero-order chi connectivity index (χ0) is 19.3. The number of fused-ring (bicyclic) bond motifs is 1. The van der Waals surface area contributed by atoms with Crippen molar-refractivity contribution >= 4 is 5.97 Å². The lowest BCUT2D eigenvalue weighted by Gasteiger charge is -2.23. The largest absolute Gasteiger partial charge is 0.481 e. The molecule has 0 bridgehead atoms. The van der Waals surface area contributed by atoms with Gasteiger partial charge in [0.15, 0.2) is 6.10 Å². The Hall–Kier alpha value is -2.29. The Morgan fingerprint density at radius 2 is 1.81 bits per heavy atom. The van der Waals surface area contributed by atoms with Crippen LogP contribution in [0.3, 0.4) is 0 Å². The summed E-state index contributed by atoms with van der Waals surface area (Å²) >= 11 is 0. The van der Waals surface area contributed by atoms with Crippen LogP contribution in [0.4, 0.5) is 0 Å². The molecule has 2 unspecified atom stereocenters. The maximum absolute atomic E-state index is 11.5. The van der Waals surface area contributed by atoms with Crippen LogP contribution in [0.2, 0.25) is 0 Å². The number of carboxylic acid groups (broad SMARTS) is 1. The molecule has 2 rings (SSSR count). The predicted molar refractivity (Wildman–Crippen MR) is 75.7 cm³/mol. The van der Waals surface area contributed by atoms with E-state index in [0.717, 1.165) is 0 Å². The predicted octanol–water partition coefficient (Wildman–Crippen LogP) is -1.74. The van der Waals surface area contributed by atoms with Crippen molar-refractivity contribution in [2.24, 2.45) is 11.8 Å². The molecule has 2 N–H and O–H groups in total. The van der Waals surface area contributed by atoms with Gasteiger partial charge in [-0.05, 0) is 0 Å². The van der Waals surface area contributed by atoms with Crippen LogP contribution in [0.25, 0.3) is 0 Å². The molecule has 2 saturated heterocycles. The molecule has 2 heterocycles. The molecule has 0 aromatic heterocycles. The molecule has 26 heavy (non-hydrogen) atoms. The maximum atomic E-state index is 11.5. The lowest BCUT2D eigenvalue weighted by molar-refractivity contribution is -0.790. The SMILES string of the molecule is O=C(O)C(COCC(CO[N+](=O)[O-])O[N+](=O)[O-])[C@@H]1CO[C@H]2[C@@H]1OC[C@H]2O. The third-order valence-corrected chi connectivity index (χ3v) is 4.10. The second-order valence-corrected chi connectivity index (χ2v) is 5.78. The van der Waals surface area contributed by atoms with Gasteiger partial charge in [-0.1, -0.05) is 0 Å². The fraction of sp³-hybridized carbons (Fsp3) is 0.917. The first-order chi connectivity index (χ1) is 12.3. The van der Waals surface area contributed by atoms with Gasteiger partial charge in [-0.3, -0.25) is 4.79 Å². The Labute approximate surface area is 145 Å². The molecule has 2 fully saturated rings. The van der Waals surface area contributed by atoms with Crippen LogP contribution in [-0.4, -0.2) is 83.8 Å². The highest BCUT2D eigenvalue weighted by atomic mass is 17.0. The fourth-order valence-electron chi connectivity index (χ4n) is 2.93. The third-order valence-electron chi connectivity index (χ3n) is 4.10. The summed E-state index contributed by atoms with van der Waals surface area (Å²) < 4.78 is 15.9. The molecule has 0 radical (unpaired) electrons. The highest BCUT2D eigenvalue weighted by Gasteiger charge is 2.51. The summed E-state index contributed by atoms with van der Waals surface area (Å²) in [6.45, 7) is -1.52. The topological polar surface area (TPSA) is 190 Å². The lowest BCUT2D eigenvalue weighted by Crippen LogP contribution is -2.38. The molecule has 0 spiro atoms. The van der Waals surface area contributed by atoms with Crippen molar-refractivity contribution in [3.63, 3.8) is 0 Å². The molecule has 14 nitrogen and oxygen atoms in total. The standard InChI is InChI=1S/C12H18N2O12/c15-9-5-24-10-7(4-23-11(9)10)8(12(16)17)3-22-1-6(26-14(20)21)2-25-13(18)19/h6-11,15H,1-5H2,(H,16,17)/t6?,7-,8?,9+,10+,11+/m0/s1. The van der Waals surface area contributed by atoms with E-state index in [4.69, 9.17) is 14.2 Å². The van der Waals surface area contributed by atoms with E-state index in [0.29, 0.717) is 0 Å². The van der Waals surface area contributed by atoms with E-state index < -0.39 is 65.6 Å². The van der Waals surface area contributed by atoms with E-state index >= 15 is 0 Å². The average molecular weight is 382 g/mol. The van der Waals surface area contributed by atoms with E-state index in [1.165, 1.54) is 0 Å². The summed E-state index contributed by atoms with van der Waals surface area (Å²) in [6, 6.07) is 0. The van der Waals surface area contributed by atoms with Gasteiger partial charge in [0, 0.05) is 5.92 Å². The first kappa shape index (κ1) is 20.0. The minimum absolute atomic E-state index is 0.0377. The zero-order valence-electron chi connectivity index (χ0n) is 13.4. The minimum atomic E-state index is -1.40. The van der Waals surface area contributed by atoms with Gasteiger partial charge >= 0.3 is 5.97 Å². The van der Waals surface area contributed by atoms with Gasteiger partial charge in [0.25, 0.3) is 10.2 Å². The van der Waals surface area contributed by atoms with Crippen LogP contribution < -0.4 is 0 Å². The van der Waals surface area contributed by atoms with Crippen molar-refractivity contribution in [1.29, 1.82) is 0 Å². The Morgan fingerprint density at radius 3 is 2.42 bits per heavy atom. The summed E-state index contributed by atoms with van der Waals surface area (Å²) in [7, 11) is 0. The maximum Gasteiger partial charge on any atom is 0.309 e. The number of aliphatic hydroxyl groups excluding tert-OH is 1. The van der Waals surface area contributed by atoms with Crippen LogP contribution in [0.15, 0.2) is 0 Å². The van der Waals surface area contributed by atoms with Crippen molar-refractivity contribution in [3.05, 3.63) is 20.2 Å². The zero-order valence-corrected chi connectivity index (χ0v) is 13.4. The van der Waals surface area contributed by atoms with Crippen molar-refractivity contribution in [2.45, 2.75) is 24.4 Å². The number of aliphatic hydroxyl groups is 1. The van der Waals surface area contributed by atoms with Gasteiger partial charge in [-0.25, -0.2) is 0 Å². The second kappa shape index (κ2) is 8.88. The summed E-state index contributed by atoms with van der Waals surface area (Å²) in [5.41, 5.74) is 0. The molecule has 6 atom stereocenters. The molecular weight excluding hydrogens is 364 g/mol.